The number of rotatable bonds is 5. The van der Waals surface area contributed by atoms with E-state index in [1.54, 1.807) is 0 Å². The van der Waals surface area contributed by atoms with E-state index in [4.69, 9.17) is 16.1 Å². The molecule has 1 aliphatic heterocycles. The van der Waals surface area contributed by atoms with Crippen molar-refractivity contribution in [3.05, 3.63) is 35.2 Å². The summed E-state index contributed by atoms with van der Waals surface area (Å²) in [5.41, 5.74) is 0.876. The molecule has 0 N–H and O–H groups in total. The second-order valence-electron chi connectivity index (χ2n) is 6.81. The molecule has 1 fully saturated rings. The fraction of sp³-hybridized carbons (Fsp3) is 0.526. The summed E-state index contributed by atoms with van der Waals surface area (Å²) in [6, 6.07) is 7.39. The highest BCUT2D eigenvalue weighted by Crippen LogP contribution is 2.24. The maximum atomic E-state index is 12.3. The Bertz CT molecular complexity index is 738. The molecular weight excluding hydrogens is 352 g/mol. The van der Waals surface area contributed by atoms with Crippen LogP contribution in [0, 0.1) is 5.92 Å². The summed E-state index contributed by atoms with van der Waals surface area (Å²) >= 11 is 5.92. The molecule has 2 atom stereocenters. The second kappa shape index (κ2) is 8.18. The van der Waals surface area contributed by atoms with E-state index in [0.29, 0.717) is 16.7 Å². The van der Waals surface area contributed by atoms with Crippen LogP contribution in [-0.4, -0.2) is 52.0 Å². The molecule has 1 aliphatic rings. The first kappa shape index (κ1) is 18.9. The van der Waals surface area contributed by atoms with Crippen molar-refractivity contribution < 1.29 is 9.32 Å². The van der Waals surface area contributed by atoms with Gasteiger partial charge in [0.25, 0.3) is 0 Å². The summed E-state index contributed by atoms with van der Waals surface area (Å²) in [6.45, 7) is 9.20. The number of hydrogen-bond acceptors (Lipinski definition) is 5. The number of benzene rings is 1. The molecule has 3 rings (SSSR count). The molecule has 26 heavy (non-hydrogen) atoms. The number of halogens is 1. The number of carbonyl (C=O) groups excluding carboxylic acids is 1. The molecule has 1 saturated heterocycles. The predicted octanol–water partition coefficient (Wildman–Crippen LogP) is 3.64. The zero-order chi connectivity index (χ0) is 18.7. The molecular formula is C19H25ClN4O2. The quantitative estimate of drug-likeness (QED) is 0.797. The molecule has 2 aromatic rings. The Labute approximate surface area is 159 Å². The molecule has 6 nitrogen and oxygen atoms in total. The van der Waals surface area contributed by atoms with Gasteiger partial charge < -0.3 is 9.42 Å². The van der Waals surface area contributed by atoms with Gasteiger partial charge in [0.2, 0.25) is 17.6 Å². The van der Waals surface area contributed by atoms with E-state index in [1.807, 2.05) is 36.1 Å². The van der Waals surface area contributed by atoms with E-state index in [2.05, 4.69) is 28.9 Å². The molecule has 0 radical (unpaired) electrons. The first-order chi connectivity index (χ1) is 12.5. The maximum Gasteiger partial charge on any atom is 0.244 e. The Morgan fingerprint density at radius 2 is 1.85 bits per heavy atom. The van der Waals surface area contributed by atoms with Gasteiger partial charge in [-0.3, -0.25) is 9.69 Å². The zero-order valence-electron chi connectivity index (χ0n) is 15.5. The Morgan fingerprint density at radius 1 is 1.19 bits per heavy atom. The maximum absolute atomic E-state index is 12.3. The standard InChI is InChI=1S/C19H25ClN4O2/c1-4-13(2)19(25)24-11-9-23(10-12-24)14(3)18-21-17(22-26-18)15-5-7-16(20)8-6-15/h5-8,13-14H,4,9-12H2,1-3H3. The van der Waals surface area contributed by atoms with Crippen LogP contribution in [0.4, 0.5) is 0 Å². The van der Waals surface area contributed by atoms with Crippen molar-refractivity contribution in [2.45, 2.75) is 33.2 Å². The minimum Gasteiger partial charge on any atom is -0.340 e. The summed E-state index contributed by atoms with van der Waals surface area (Å²) in [5, 5.41) is 4.77. The van der Waals surface area contributed by atoms with E-state index in [-0.39, 0.29) is 17.9 Å². The molecule has 0 saturated carbocycles. The number of piperazine rings is 1. The van der Waals surface area contributed by atoms with Crippen molar-refractivity contribution in [3.63, 3.8) is 0 Å². The van der Waals surface area contributed by atoms with Crippen LogP contribution in [0.5, 0.6) is 0 Å². The van der Waals surface area contributed by atoms with Gasteiger partial charge in [-0.15, -0.1) is 0 Å². The number of hydrogen-bond donors (Lipinski definition) is 0. The van der Waals surface area contributed by atoms with Gasteiger partial charge in [0.15, 0.2) is 0 Å². The van der Waals surface area contributed by atoms with Gasteiger partial charge in [0.05, 0.1) is 6.04 Å². The van der Waals surface area contributed by atoms with Crippen molar-refractivity contribution in [1.82, 2.24) is 19.9 Å². The highest BCUT2D eigenvalue weighted by molar-refractivity contribution is 6.30. The van der Waals surface area contributed by atoms with E-state index in [1.165, 1.54) is 0 Å². The lowest BCUT2D eigenvalue weighted by Gasteiger charge is -2.37. The van der Waals surface area contributed by atoms with Crippen molar-refractivity contribution in [3.8, 4) is 11.4 Å². The third-order valence-electron chi connectivity index (χ3n) is 5.11. The number of aromatic nitrogens is 2. The van der Waals surface area contributed by atoms with E-state index in [9.17, 15) is 4.79 Å². The molecule has 2 unspecified atom stereocenters. The summed E-state index contributed by atoms with van der Waals surface area (Å²) in [6.07, 6.45) is 0.880. The summed E-state index contributed by atoms with van der Waals surface area (Å²) in [5.74, 6) is 1.50. The first-order valence-corrected chi connectivity index (χ1v) is 9.49. The first-order valence-electron chi connectivity index (χ1n) is 9.12. The molecule has 1 aromatic heterocycles. The van der Waals surface area contributed by atoms with Gasteiger partial charge in [0.1, 0.15) is 0 Å². The largest absolute Gasteiger partial charge is 0.340 e. The third-order valence-corrected chi connectivity index (χ3v) is 5.36. The van der Waals surface area contributed by atoms with Crippen molar-refractivity contribution in [2.24, 2.45) is 5.92 Å². The number of amides is 1. The predicted molar refractivity (Wildman–Crippen MR) is 101 cm³/mol. The topological polar surface area (TPSA) is 62.5 Å². The molecule has 140 valence electrons. The highest BCUT2D eigenvalue weighted by atomic mass is 35.5. The molecule has 0 aliphatic carbocycles. The van der Waals surface area contributed by atoms with Crippen LogP contribution in [0.1, 0.15) is 39.1 Å². The number of carbonyl (C=O) groups is 1. The monoisotopic (exact) mass is 376 g/mol. The van der Waals surface area contributed by atoms with Crippen LogP contribution < -0.4 is 0 Å². The summed E-state index contributed by atoms with van der Waals surface area (Å²) in [7, 11) is 0. The third kappa shape index (κ3) is 4.07. The van der Waals surface area contributed by atoms with Crippen LogP contribution in [0.2, 0.25) is 5.02 Å². The van der Waals surface area contributed by atoms with Gasteiger partial charge in [-0.2, -0.15) is 4.98 Å². The van der Waals surface area contributed by atoms with Crippen LogP contribution in [0.15, 0.2) is 28.8 Å². The Kier molecular flexibility index (Phi) is 5.94. The Hall–Kier alpha value is -1.92. The normalized spacial score (nSPS) is 17.9. The minimum atomic E-state index is 0.0180. The minimum absolute atomic E-state index is 0.0180. The molecule has 7 heteroatoms. The van der Waals surface area contributed by atoms with Gasteiger partial charge in [0, 0.05) is 42.7 Å². The average molecular weight is 377 g/mol. The Morgan fingerprint density at radius 3 is 2.46 bits per heavy atom. The second-order valence-corrected chi connectivity index (χ2v) is 7.25. The lowest BCUT2D eigenvalue weighted by Crippen LogP contribution is -2.50. The smallest absolute Gasteiger partial charge is 0.244 e. The van der Waals surface area contributed by atoms with Crippen LogP contribution >= 0.6 is 11.6 Å². The number of nitrogens with zero attached hydrogens (tertiary/aromatic N) is 4. The van der Waals surface area contributed by atoms with Crippen LogP contribution in [0.25, 0.3) is 11.4 Å². The van der Waals surface area contributed by atoms with Crippen molar-refractivity contribution in [1.29, 1.82) is 0 Å². The Balaban J connectivity index is 1.61. The summed E-state index contributed by atoms with van der Waals surface area (Å²) in [4.78, 5) is 21.1. The van der Waals surface area contributed by atoms with Crippen LogP contribution in [-0.2, 0) is 4.79 Å². The van der Waals surface area contributed by atoms with Gasteiger partial charge in [-0.1, -0.05) is 30.6 Å². The lowest BCUT2D eigenvalue weighted by molar-refractivity contribution is -0.137. The van der Waals surface area contributed by atoms with Crippen molar-refractivity contribution in [2.75, 3.05) is 26.2 Å². The van der Waals surface area contributed by atoms with E-state index < -0.39 is 0 Å². The highest BCUT2D eigenvalue weighted by Gasteiger charge is 2.29. The molecule has 0 bridgehead atoms. The molecule has 1 amide bonds. The fourth-order valence-corrected chi connectivity index (χ4v) is 3.22. The van der Waals surface area contributed by atoms with Crippen molar-refractivity contribution >= 4 is 17.5 Å². The lowest BCUT2D eigenvalue weighted by atomic mass is 10.1. The summed E-state index contributed by atoms with van der Waals surface area (Å²) < 4.78 is 5.48. The molecule has 1 aromatic carbocycles. The SMILES string of the molecule is CCC(C)C(=O)N1CCN(C(C)c2nc(-c3ccc(Cl)cc3)no2)CC1. The van der Waals surface area contributed by atoms with Crippen LogP contribution in [0.3, 0.4) is 0 Å². The van der Waals surface area contributed by atoms with E-state index >= 15 is 0 Å². The van der Waals surface area contributed by atoms with E-state index in [0.717, 1.165) is 38.2 Å². The zero-order valence-corrected chi connectivity index (χ0v) is 16.2. The van der Waals surface area contributed by atoms with Gasteiger partial charge >= 0.3 is 0 Å². The fourth-order valence-electron chi connectivity index (χ4n) is 3.09. The van der Waals surface area contributed by atoms with Gasteiger partial charge in [-0.05, 0) is 37.6 Å². The van der Waals surface area contributed by atoms with Gasteiger partial charge in [-0.25, -0.2) is 0 Å². The molecule has 2 heterocycles. The average Bonchev–Trinajstić information content (AvgIpc) is 3.17. The molecule has 0 spiro atoms.